The van der Waals surface area contributed by atoms with Crippen molar-refractivity contribution in [1.82, 2.24) is 14.8 Å². The highest BCUT2D eigenvalue weighted by Crippen LogP contribution is 2.34. The monoisotopic (exact) mass is 278 g/mol. The van der Waals surface area contributed by atoms with E-state index in [4.69, 9.17) is 5.73 Å². The average Bonchev–Trinajstić information content (AvgIpc) is 2.78. The zero-order valence-electron chi connectivity index (χ0n) is 13.4. The van der Waals surface area contributed by atoms with Crippen LogP contribution in [-0.4, -0.2) is 20.8 Å². The third-order valence-electron chi connectivity index (χ3n) is 4.70. The second kappa shape index (κ2) is 6.70. The van der Waals surface area contributed by atoms with Gasteiger partial charge in [0.05, 0.1) is 0 Å². The Bertz CT molecular complexity index is 410. The molecule has 3 atom stereocenters. The van der Waals surface area contributed by atoms with Gasteiger partial charge >= 0.3 is 0 Å². The fraction of sp³-hybridized carbons (Fsp3) is 0.875. The highest BCUT2D eigenvalue weighted by Gasteiger charge is 2.30. The van der Waals surface area contributed by atoms with Crippen LogP contribution in [0.3, 0.4) is 0 Å². The molecule has 0 radical (unpaired) electrons. The molecule has 1 aliphatic carbocycles. The molecular weight excluding hydrogens is 248 g/mol. The summed E-state index contributed by atoms with van der Waals surface area (Å²) in [4.78, 5) is 4.46. The van der Waals surface area contributed by atoms with Crippen LogP contribution in [0.5, 0.6) is 0 Å². The van der Waals surface area contributed by atoms with Crippen molar-refractivity contribution in [2.24, 2.45) is 29.4 Å². The highest BCUT2D eigenvalue weighted by atomic mass is 15.3. The molecule has 2 rings (SSSR count). The van der Waals surface area contributed by atoms with E-state index >= 15 is 0 Å². The lowest BCUT2D eigenvalue weighted by atomic mass is 9.73. The number of nitrogens with zero attached hydrogens (tertiary/aromatic N) is 3. The van der Waals surface area contributed by atoms with Gasteiger partial charge in [-0.1, -0.05) is 27.7 Å². The Morgan fingerprint density at radius 1 is 1.30 bits per heavy atom. The predicted octanol–water partition coefficient (Wildman–Crippen LogP) is 2.88. The van der Waals surface area contributed by atoms with Crippen LogP contribution in [0.4, 0.5) is 0 Å². The van der Waals surface area contributed by atoms with Crippen molar-refractivity contribution in [3.63, 3.8) is 0 Å². The molecule has 114 valence electrons. The van der Waals surface area contributed by atoms with E-state index in [2.05, 4.69) is 42.5 Å². The minimum atomic E-state index is 0.328. The van der Waals surface area contributed by atoms with Gasteiger partial charge in [0.1, 0.15) is 12.2 Å². The molecule has 0 aliphatic heterocycles. The zero-order valence-corrected chi connectivity index (χ0v) is 13.4. The first kappa shape index (κ1) is 15.5. The third-order valence-corrected chi connectivity index (χ3v) is 4.70. The summed E-state index contributed by atoms with van der Waals surface area (Å²) in [5.74, 6) is 3.86. The van der Waals surface area contributed by atoms with Crippen LogP contribution in [0, 0.1) is 23.7 Å². The van der Waals surface area contributed by atoms with Gasteiger partial charge in [-0.3, -0.25) is 0 Å². The first-order valence-electron chi connectivity index (χ1n) is 8.09. The summed E-state index contributed by atoms with van der Waals surface area (Å²) in [5, 5.41) is 4.37. The first-order valence-corrected chi connectivity index (χ1v) is 8.09. The van der Waals surface area contributed by atoms with Crippen molar-refractivity contribution in [3.8, 4) is 0 Å². The zero-order chi connectivity index (χ0) is 14.7. The summed E-state index contributed by atoms with van der Waals surface area (Å²) in [5.41, 5.74) is 6.35. The number of hydrogen-bond acceptors (Lipinski definition) is 3. The van der Waals surface area contributed by atoms with Crippen molar-refractivity contribution < 1.29 is 0 Å². The normalized spacial score (nSPS) is 27.4. The Morgan fingerprint density at radius 2 is 2.05 bits per heavy atom. The standard InChI is InChI=1S/C16H30N4/c1-11(2)9-20-16(18-10-19-20)8-14-7-13(12(3)4)5-6-15(14)17/h10-15H,5-9,17H2,1-4H3. The fourth-order valence-corrected chi connectivity index (χ4v) is 3.34. The number of nitrogens with two attached hydrogens (primary N) is 1. The molecule has 1 fully saturated rings. The van der Waals surface area contributed by atoms with E-state index in [0.717, 1.165) is 37.0 Å². The largest absolute Gasteiger partial charge is 0.327 e. The molecule has 0 saturated heterocycles. The van der Waals surface area contributed by atoms with E-state index in [-0.39, 0.29) is 0 Å². The lowest BCUT2D eigenvalue weighted by molar-refractivity contribution is 0.186. The summed E-state index contributed by atoms with van der Waals surface area (Å²) < 4.78 is 2.07. The molecule has 1 aromatic rings. The van der Waals surface area contributed by atoms with Crippen LogP contribution in [0.15, 0.2) is 6.33 Å². The lowest BCUT2D eigenvalue weighted by Crippen LogP contribution is -2.39. The third kappa shape index (κ3) is 3.81. The molecular formula is C16H30N4. The highest BCUT2D eigenvalue weighted by molar-refractivity contribution is 4.93. The van der Waals surface area contributed by atoms with Gasteiger partial charge in [0, 0.05) is 19.0 Å². The van der Waals surface area contributed by atoms with E-state index in [1.54, 1.807) is 6.33 Å². The maximum absolute atomic E-state index is 6.35. The SMILES string of the molecule is CC(C)Cn1ncnc1CC1CC(C(C)C)CCC1N. The molecule has 4 nitrogen and oxygen atoms in total. The molecule has 20 heavy (non-hydrogen) atoms. The molecule has 3 unspecified atom stereocenters. The van der Waals surface area contributed by atoms with Gasteiger partial charge < -0.3 is 5.73 Å². The lowest BCUT2D eigenvalue weighted by Gasteiger charge is -2.36. The van der Waals surface area contributed by atoms with Crippen LogP contribution in [0.1, 0.15) is 52.8 Å². The van der Waals surface area contributed by atoms with Crippen molar-refractivity contribution in [1.29, 1.82) is 0 Å². The average molecular weight is 278 g/mol. The molecule has 1 heterocycles. The second-order valence-electron chi connectivity index (χ2n) is 7.20. The smallest absolute Gasteiger partial charge is 0.138 e. The summed E-state index contributed by atoms with van der Waals surface area (Å²) in [6.45, 7) is 10.0. The number of aromatic nitrogens is 3. The molecule has 0 amide bonds. The van der Waals surface area contributed by atoms with E-state index in [1.807, 2.05) is 0 Å². The Balaban J connectivity index is 2.02. The van der Waals surface area contributed by atoms with Gasteiger partial charge in [0.2, 0.25) is 0 Å². The van der Waals surface area contributed by atoms with Crippen LogP contribution >= 0.6 is 0 Å². The van der Waals surface area contributed by atoms with Gasteiger partial charge in [-0.15, -0.1) is 0 Å². The van der Waals surface area contributed by atoms with Crippen LogP contribution in [0.25, 0.3) is 0 Å². The van der Waals surface area contributed by atoms with Gasteiger partial charge in [0.25, 0.3) is 0 Å². The van der Waals surface area contributed by atoms with E-state index in [1.165, 1.54) is 12.8 Å². The van der Waals surface area contributed by atoms with Gasteiger partial charge in [0.15, 0.2) is 0 Å². The van der Waals surface area contributed by atoms with Gasteiger partial charge in [-0.2, -0.15) is 5.10 Å². The maximum Gasteiger partial charge on any atom is 0.138 e. The van der Waals surface area contributed by atoms with Crippen molar-refractivity contribution in [3.05, 3.63) is 12.2 Å². The molecule has 0 spiro atoms. The van der Waals surface area contributed by atoms with E-state index < -0.39 is 0 Å². The number of hydrogen-bond donors (Lipinski definition) is 1. The van der Waals surface area contributed by atoms with Crippen molar-refractivity contribution in [2.75, 3.05) is 0 Å². The maximum atomic E-state index is 6.35. The van der Waals surface area contributed by atoms with Crippen LogP contribution in [-0.2, 0) is 13.0 Å². The molecule has 1 saturated carbocycles. The van der Waals surface area contributed by atoms with Crippen molar-refractivity contribution >= 4 is 0 Å². The Labute approximate surface area is 123 Å². The Morgan fingerprint density at radius 3 is 2.70 bits per heavy atom. The first-order chi connectivity index (χ1) is 9.47. The number of rotatable bonds is 5. The fourth-order valence-electron chi connectivity index (χ4n) is 3.34. The topological polar surface area (TPSA) is 56.7 Å². The summed E-state index contributed by atoms with van der Waals surface area (Å²) in [6.07, 6.45) is 6.36. The molecule has 2 N–H and O–H groups in total. The van der Waals surface area contributed by atoms with Gasteiger partial charge in [-0.25, -0.2) is 9.67 Å². The molecule has 0 aromatic carbocycles. The minimum Gasteiger partial charge on any atom is -0.327 e. The summed E-state index contributed by atoms with van der Waals surface area (Å²) in [7, 11) is 0. The van der Waals surface area contributed by atoms with Crippen LogP contribution in [0.2, 0.25) is 0 Å². The molecule has 1 aromatic heterocycles. The second-order valence-corrected chi connectivity index (χ2v) is 7.20. The Hall–Kier alpha value is -0.900. The Kier molecular flexibility index (Phi) is 5.19. The minimum absolute atomic E-state index is 0.328. The quantitative estimate of drug-likeness (QED) is 0.901. The van der Waals surface area contributed by atoms with Crippen molar-refractivity contribution in [2.45, 2.75) is 66.0 Å². The van der Waals surface area contributed by atoms with E-state index in [0.29, 0.717) is 17.9 Å². The predicted molar refractivity (Wildman–Crippen MR) is 82.2 cm³/mol. The van der Waals surface area contributed by atoms with E-state index in [9.17, 15) is 0 Å². The van der Waals surface area contributed by atoms with Crippen LogP contribution < -0.4 is 5.73 Å². The molecule has 1 aliphatic rings. The summed E-state index contributed by atoms with van der Waals surface area (Å²) in [6, 6.07) is 0.328. The molecule has 0 bridgehead atoms. The molecule has 4 heteroatoms. The van der Waals surface area contributed by atoms with Gasteiger partial charge in [-0.05, 0) is 42.9 Å². The summed E-state index contributed by atoms with van der Waals surface area (Å²) >= 11 is 0.